The van der Waals surface area contributed by atoms with Crippen LogP contribution in [0, 0.1) is 0 Å². The van der Waals surface area contributed by atoms with Crippen LogP contribution in [0.3, 0.4) is 0 Å². The topological polar surface area (TPSA) is 92.5 Å². The molecule has 0 radical (unpaired) electrons. The monoisotopic (exact) mass is 527 g/mol. The molecule has 3 aromatic heterocycles. The Hall–Kier alpha value is -4.69. The Morgan fingerprint density at radius 1 is 0.842 bits per heavy atom. The normalized spacial score (nSPS) is 10.8. The van der Waals surface area contributed by atoms with Gasteiger partial charge in [0.1, 0.15) is 17.1 Å². The van der Waals surface area contributed by atoms with Crippen molar-refractivity contribution in [1.29, 1.82) is 0 Å². The first-order valence-electron chi connectivity index (χ1n) is 11.5. The fraction of sp³-hybridized carbons (Fsp3) is 0.103. The van der Waals surface area contributed by atoms with E-state index in [1.807, 2.05) is 41.1 Å². The average Bonchev–Trinajstić information content (AvgIpc) is 3.40. The molecule has 5 rings (SSSR count). The zero-order chi connectivity index (χ0) is 26.8. The molecule has 190 valence electrons. The van der Waals surface area contributed by atoms with Gasteiger partial charge < -0.3 is 18.8 Å². The van der Waals surface area contributed by atoms with Crippen molar-refractivity contribution in [2.45, 2.75) is 0 Å². The maximum Gasteiger partial charge on any atom is 0.224 e. The predicted molar refractivity (Wildman–Crippen MR) is 145 cm³/mol. The molecular weight excluding hydrogens is 506 g/mol. The SMILES string of the molecule is COc1cc(-n2ccc3c(-c4cccc(-c5ccc(C=O)c(OC)n5)c4Cl)ccnc32)cc(OC)c1C=O. The molecule has 0 unspecified atom stereocenters. The van der Waals surface area contributed by atoms with Crippen molar-refractivity contribution in [2.24, 2.45) is 0 Å². The molecule has 38 heavy (non-hydrogen) atoms. The number of fused-ring (bicyclic) bond motifs is 1. The fourth-order valence-electron chi connectivity index (χ4n) is 4.45. The number of hydrogen-bond donors (Lipinski definition) is 0. The second kappa shape index (κ2) is 10.4. The summed E-state index contributed by atoms with van der Waals surface area (Å²) in [5.74, 6) is 1.02. The summed E-state index contributed by atoms with van der Waals surface area (Å²) in [6.45, 7) is 0. The van der Waals surface area contributed by atoms with Crippen molar-refractivity contribution in [3.05, 3.63) is 83.1 Å². The van der Waals surface area contributed by atoms with Crippen LogP contribution in [0.5, 0.6) is 17.4 Å². The number of nitrogens with zero attached hydrogens (tertiary/aromatic N) is 3. The van der Waals surface area contributed by atoms with Gasteiger partial charge in [0.15, 0.2) is 12.6 Å². The Morgan fingerprint density at radius 2 is 1.58 bits per heavy atom. The first-order chi connectivity index (χ1) is 18.5. The smallest absolute Gasteiger partial charge is 0.224 e. The van der Waals surface area contributed by atoms with Crippen molar-refractivity contribution < 1.29 is 23.8 Å². The Kier molecular flexibility index (Phi) is 6.81. The largest absolute Gasteiger partial charge is 0.496 e. The van der Waals surface area contributed by atoms with Gasteiger partial charge in [-0.25, -0.2) is 9.97 Å². The second-order valence-electron chi connectivity index (χ2n) is 8.24. The van der Waals surface area contributed by atoms with E-state index in [1.54, 1.807) is 30.5 Å². The Morgan fingerprint density at radius 3 is 2.24 bits per heavy atom. The third kappa shape index (κ3) is 4.14. The number of pyridine rings is 2. The van der Waals surface area contributed by atoms with Gasteiger partial charge in [-0.3, -0.25) is 9.59 Å². The lowest BCUT2D eigenvalue weighted by Crippen LogP contribution is -2.00. The number of methoxy groups -OCH3 is 3. The molecule has 0 saturated carbocycles. The Labute approximate surface area is 223 Å². The van der Waals surface area contributed by atoms with E-state index < -0.39 is 0 Å². The van der Waals surface area contributed by atoms with Gasteiger partial charge in [0.05, 0.1) is 48.9 Å². The number of aromatic nitrogens is 3. The third-order valence-corrected chi connectivity index (χ3v) is 6.69. The summed E-state index contributed by atoms with van der Waals surface area (Å²) in [7, 11) is 4.47. The minimum atomic E-state index is 0.230. The number of benzene rings is 2. The molecule has 0 saturated heterocycles. The molecule has 8 nitrogen and oxygen atoms in total. The van der Waals surface area contributed by atoms with Gasteiger partial charge in [-0.2, -0.15) is 0 Å². The van der Waals surface area contributed by atoms with Crippen molar-refractivity contribution >= 4 is 35.2 Å². The molecule has 0 spiro atoms. The first-order valence-corrected chi connectivity index (χ1v) is 11.9. The zero-order valence-corrected chi connectivity index (χ0v) is 21.5. The number of hydrogen-bond acceptors (Lipinski definition) is 7. The van der Waals surface area contributed by atoms with Gasteiger partial charge >= 0.3 is 0 Å². The highest BCUT2D eigenvalue weighted by Crippen LogP contribution is 2.40. The summed E-state index contributed by atoms with van der Waals surface area (Å²) < 4.78 is 18.0. The van der Waals surface area contributed by atoms with E-state index in [-0.39, 0.29) is 5.88 Å². The van der Waals surface area contributed by atoms with Crippen LogP contribution in [0.4, 0.5) is 0 Å². The molecule has 3 heterocycles. The molecule has 0 aliphatic rings. The van der Waals surface area contributed by atoms with Crippen LogP contribution in [-0.2, 0) is 0 Å². The van der Waals surface area contributed by atoms with Gasteiger partial charge in [-0.05, 0) is 29.8 Å². The van der Waals surface area contributed by atoms with Crippen LogP contribution in [0.2, 0.25) is 5.02 Å². The highest BCUT2D eigenvalue weighted by molar-refractivity contribution is 6.36. The molecule has 0 aliphatic heterocycles. The van der Waals surface area contributed by atoms with E-state index in [2.05, 4.69) is 9.97 Å². The van der Waals surface area contributed by atoms with Crippen molar-refractivity contribution in [2.75, 3.05) is 21.3 Å². The van der Waals surface area contributed by atoms with E-state index in [0.29, 0.717) is 57.1 Å². The summed E-state index contributed by atoms with van der Waals surface area (Å²) >= 11 is 6.94. The minimum Gasteiger partial charge on any atom is -0.496 e. The van der Waals surface area contributed by atoms with E-state index in [9.17, 15) is 9.59 Å². The molecular formula is C29H22ClN3O5. The van der Waals surface area contributed by atoms with Crippen LogP contribution in [-0.4, -0.2) is 48.4 Å². The molecule has 0 fully saturated rings. The predicted octanol–water partition coefficient (Wildman–Crippen LogP) is 6.06. The molecule has 0 bridgehead atoms. The fourth-order valence-corrected chi connectivity index (χ4v) is 4.78. The van der Waals surface area contributed by atoms with Crippen LogP contribution >= 0.6 is 11.6 Å². The van der Waals surface area contributed by atoms with Gasteiger partial charge in [-0.1, -0.05) is 29.8 Å². The highest BCUT2D eigenvalue weighted by Gasteiger charge is 2.18. The third-order valence-electron chi connectivity index (χ3n) is 6.29. The van der Waals surface area contributed by atoms with Gasteiger partial charge in [0.25, 0.3) is 0 Å². The summed E-state index contributed by atoms with van der Waals surface area (Å²) in [6, 6.07) is 16.5. The van der Waals surface area contributed by atoms with Gasteiger partial charge in [0, 0.05) is 41.0 Å². The van der Waals surface area contributed by atoms with Crippen LogP contribution < -0.4 is 14.2 Å². The Balaban J connectivity index is 1.65. The van der Waals surface area contributed by atoms with E-state index in [0.717, 1.165) is 22.2 Å². The lowest BCUT2D eigenvalue weighted by Gasteiger charge is -2.14. The number of carbonyl (C=O) groups is 2. The summed E-state index contributed by atoms with van der Waals surface area (Å²) in [6.07, 6.45) is 5.00. The standard InChI is InChI=1S/C29H22ClN3O5/c1-36-25-13-18(14-26(37-2)23(25)16-35)33-12-10-21-19(9-11-31-28(21)33)20-5-4-6-22(27(20)30)24-8-7-17(15-34)29(32-24)38-3/h4-16H,1-3H3. The quantitative estimate of drug-likeness (QED) is 0.226. The molecule has 0 amide bonds. The summed E-state index contributed by atoms with van der Waals surface area (Å²) in [4.78, 5) is 32.0. The van der Waals surface area contributed by atoms with Crippen LogP contribution in [0.1, 0.15) is 20.7 Å². The molecule has 5 aromatic rings. The zero-order valence-electron chi connectivity index (χ0n) is 20.8. The number of carbonyl (C=O) groups excluding carboxylic acids is 2. The minimum absolute atomic E-state index is 0.230. The maximum atomic E-state index is 11.6. The Bertz CT molecular complexity index is 1670. The average molecular weight is 528 g/mol. The number of ether oxygens (including phenoxy) is 3. The van der Waals surface area contributed by atoms with Crippen molar-refractivity contribution in [1.82, 2.24) is 14.5 Å². The second-order valence-corrected chi connectivity index (χ2v) is 8.62. The number of rotatable bonds is 8. The van der Waals surface area contributed by atoms with Crippen LogP contribution in [0.15, 0.2) is 67.0 Å². The van der Waals surface area contributed by atoms with Crippen LogP contribution in [0.25, 0.3) is 39.1 Å². The maximum absolute atomic E-state index is 11.6. The molecule has 2 aromatic carbocycles. The molecule has 0 aliphatic carbocycles. The number of halogens is 1. The highest BCUT2D eigenvalue weighted by atomic mass is 35.5. The lowest BCUT2D eigenvalue weighted by molar-refractivity contribution is 0.111. The summed E-state index contributed by atoms with van der Waals surface area (Å²) in [5.41, 5.74) is 5.04. The summed E-state index contributed by atoms with van der Waals surface area (Å²) in [5, 5.41) is 1.37. The van der Waals surface area contributed by atoms with Gasteiger partial charge in [-0.15, -0.1) is 0 Å². The first kappa shape index (κ1) is 25.0. The van der Waals surface area contributed by atoms with Gasteiger partial charge in [0.2, 0.25) is 5.88 Å². The number of aldehydes is 2. The molecule has 9 heteroatoms. The molecule has 0 atom stereocenters. The van der Waals surface area contributed by atoms with E-state index >= 15 is 0 Å². The lowest BCUT2D eigenvalue weighted by atomic mass is 9.99. The van der Waals surface area contributed by atoms with Crippen molar-refractivity contribution in [3.63, 3.8) is 0 Å². The van der Waals surface area contributed by atoms with E-state index in [1.165, 1.54) is 21.3 Å². The van der Waals surface area contributed by atoms with E-state index in [4.69, 9.17) is 25.8 Å². The molecule has 0 N–H and O–H groups in total. The van der Waals surface area contributed by atoms with Crippen molar-refractivity contribution in [3.8, 4) is 45.5 Å².